The Balaban J connectivity index is 1.88. The Hall–Kier alpha value is -3.15. The van der Waals surface area contributed by atoms with Crippen LogP contribution >= 0.6 is 0 Å². The molecule has 2 unspecified atom stereocenters. The van der Waals surface area contributed by atoms with Crippen LogP contribution in [-0.2, 0) is 19.7 Å². The van der Waals surface area contributed by atoms with Crippen LogP contribution in [0.3, 0.4) is 0 Å². The van der Waals surface area contributed by atoms with Gasteiger partial charge in [-0.1, -0.05) is 51.1 Å². The Morgan fingerprint density at radius 1 is 0.897 bits per heavy atom. The van der Waals surface area contributed by atoms with Crippen LogP contribution in [0.1, 0.15) is 50.5 Å². The number of hydrogen-bond acceptors (Lipinski definition) is 4. The van der Waals surface area contributed by atoms with E-state index in [0.717, 1.165) is 5.56 Å². The van der Waals surface area contributed by atoms with Crippen LogP contribution in [0.15, 0.2) is 54.6 Å². The second-order valence-corrected chi connectivity index (χ2v) is 7.96. The van der Waals surface area contributed by atoms with Crippen LogP contribution in [0, 0.1) is 0 Å². The molecule has 0 aliphatic heterocycles. The fourth-order valence-electron chi connectivity index (χ4n) is 2.56. The fraction of sp³-hybridized carbons (Fsp3) is 0.348. The molecule has 0 bridgehead atoms. The minimum Gasteiger partial charge on any atom is -0.451 e. The Bertz CT molecular complexity index is 855. The molecule has 2 aromatic rings. The normalized spacial score (nSPS) is 13.1. The van der Waals surface area contributed by atoms with Gasteiger partial charge in [0.1, 0.15) is 6.04 Å². The van der Waals surface area contributed by atoms with Gasteiger partial charge in [-0.25, -0.2) is 4.79 Å². The van der Waals surface area contributed by atoms with Crippen LogP contribution in [0.25, 0.3) is 0 Å². The number of benzene rings is 2. The van der Waals surface area contributed by atoms with E-state index >= 15 is 0 Å². The lowest BCUT2D eigenvalue weighted by Crippen LogP contribution is -2.42. The summed E-state index contributed by atoms with van der Waals surface area (Å²) in [5.41, 5.74) is 2.23. The molecule has 0 fully saturated rings. The molecule has 2 aromatic carbocycles. The quantitative estimate of drug-likeness (QED) is 0.730. The van der Waals surface area contributed by atoms with Crippen molar-refractivity contribution in [2.24, 2.45) is 0 Å². The highest BCUT2D eigenvalue weighted by Crippen LogP contribution is 2.23. The summed E-state index contributed by atoms with van der Waals surface area (Å²) >= 11 is 0. The Morgan fingerprint density at radius 3 is 2.03 bits per heavy atom. The van der Waals surface area contributed by atoms with Crippen molar-refractivity contribution in [1.82, 2.24) is 5.32 Å². The molecule has 0 heterocycles. The van der Waals surface area contributed by atoms with E-state index in [1.54, 1.807) is 30.3 Å². The molecule has 29 heavy (non-hydrogen) atoms. The van der Waals surface area contributed by atoms with E-state index in [1.165, 1.54) is 13.8 Å². The SMILES string of the molecule is CC(NC(=O)c1ccccc1)C(=O)OC(C)C(=O)Nc1ccc(C(C)(C)C)cc1. The Morgan fingerprint density at radius 2 is 1.48 bits per heavy atom. The van der Waals surface area contributed by atoms with Gasteiger partial charge in [0.05, 0.1) is 0 Å². The zero-order valence-electron chi connectivity index (χ0n) is 17.5. The van der Waals surface area contributed by atoms with E-state index in [4.69, 9.17) is 4.74 Å². The van der Waals surface area contributed by atoms with Crippen molar-refractivity contribution >= 4 is 23.5 Å². The summed E-state index contributed by atoms with van der Waals surface area (Å²) in [5.74, 6) is -1.51. The van der Waals surface area contributed by atoms with Gasteiger partial charge in [-0.3, -0.25) is 9.59 Å². The summed E-state index contributed by atoms with van der Waals surface area (Å²) < 4.78 is 5.20. The molecule has 0 radical (unpaired) electrons. The van der Waals surface area contributed by atoms with Gasteiger partial charge in [-0.15, -0.1) is 0 Å². The van der Waals surface area contributed by atoms with Crippen molar-refractivity contribution in [2.45, 2.75) is 52.2 Å². The third-order valence-corrected chi connectivity index (χ3v) is 4.42. The number of esters is 1. The number of carbonyl (C=O) groups excluding carboxylic acids is 3. The minimum absolute atomic E-state index is 0.0195. The summed E-state index contributed by atoms with van der Waals surface area (Å²) in [6, 6.07) is 15.2. The van der Waals surface area contributed by atoms with Gasteiger partial charge in [0.25, 0.3) is 11.8 Å². The first kappa shape index (κ1) is 22.1. The van der Waals surface area contributed by atoms with E-state index in [-0.39, 0.29) is 11.3 Å². The molecule has 154 valence electrons. The molecule has 0 aliphatic rings. The number of rotatable bonds is 6. The summed E-state index contributed by atoms with van der Waals surface area (Å²) in [6.45, 7) is 9.33. The van der Waals surface area contributed by atoms with Crippen molar-refractivity contribution < 1.29 is 19.1 Å². The smallest absolute Gasteiger partial charge is 0.329 e. The third kappa shape index (κ3) is 6.45. The first-order chi connectivity index (χ1) is 13.6. The van der Waals surface area contributed by atoms with Crippen LogP contribution < -0.4 is 10.6 Å². The molecule has 2 N–H and O–H groups in total. The van der Waals surface area contributed by atoms with Crippen LogP contribution in [0.5, 0.6) is 0 Å². The summed E-state index contributed by atoms with van der Waals surface area (Å²) in [4.78, 5) is 36.7. The lowest BCUT2D eigenvalue weighted by atomic mass is 9.87. The monoisotopic (exact) mass is 396 g/mol. The molecule has 0 saturated carbocycles. The van der Waals surface area contributed by atoms with Crippen molar-refractivity contribution in [3.63, 3.8) is 0 Å². The van der Waals surface area contributed by atoms with Gasteiger partial charge in [-0.05, 0) is 49.1 Å². The first-order valence-electron chi connectivity index (χ1n) is 9.55. The largest absolute Gasteiger partial charge is 0.451 e. The van der Waals surface area contributed by atoms with Crippen LogP contribution in [-0.4, -0.2) is 29.9 Å². The lowest BCUT2D eigenvalue weighted by Gasteiger charge is -2.20. The molecule has 0 saturated heterocycles. The summed E-state index contributed by atoms with van der Waals surface area (Å²) in [6.07, 6.45) is -0.999. The molecule has 6 nitrogen and oxygen atoms in total. The maximum Gasteiger partial charge on any atom is 0.329 e. The van der Waals surface area contributed by atoms with Gasteiger partial charge in [0, 0.05) is 11.3 Å². The van der Waals surface area contributed by atoms with Gasteiger partial charge in [-0.2, -0.15) is 0 Å². The van der Waals surface area contributed by atoms with Crippen molar-refractivity contribution in [2.75, 3.05) is 5.32 Å². The molecule has 2 amide bonds. The van der Waals surface area contributed by atoms with Gasteiger partial charge < -0.3 is 15.4 Å². The van der Waals surface area contributed by atoms with E-state index in [2.05, 4.69) is 31.4 Å². The minimum atomic E-state index is -0.999. The molecule has 0 aromatic heterocycles. The zero-order valence-corrected chi connectivity index (χ0v) is 17.5. The summed E-state index contributed by atoms with van der Waals surface area (Å²) in [5, 5.41) is 5.29. The maximum absolute atomic E-state index is 12.3. The van der Waals surface area contributed by atoms with Gasteiger partial charge >= 0.3 is 5.97 Å². The predicted molar refractivity (Wildman–Crippen MR) is 113 cm³/mol. The number of amides is 2. The first-order valence-corrected chi connectivity index (χ1v) is 9.55. The number of ether oxygens (including phenoxy) is 1. The lowest BCUT2D eigenvalue weighted by molar-refractivity contribution is -0.154. The molecular weight excluding hydrogens is 368 g/mol. The number of anilines is 1. The highest BCUT2D eigenvalue weighted by atomic mass is 16.5. The highest BCUT2D eigenvalue weighted by Gasteiger charge is 2.23. The third-order valence-electron chi connectivity index (χ3n) is 4.42. The van der Waals surface area contributed by atoms with Crippen molar-refractivity contribution in [3.05, 3.63) is 65.7 Å². The van der Waals surface area contributed by atoms with Crippen LogP contribution in [0.2, 0.25) is 0 Å². The number of carbonyl (C=O) groups is 3. The molecule has 0 aliphatic carbocycles. The van der Waals surface area contributed by atoms with Gasteiger partial charge in [0.15, 0.2) is 6.10 Å². The zero-order chi connectivity index (χ0) is 21.6. The van der Waals surface area contributed by atoms with E-state index in [9.17, 15) is 14.4 Å². The topological polar surface area (TPSA) is 84.5 Å². The standard InChI is InChI=1S/C23H28N2O4/c1-15(24-21(27)17-9-7-6-8-10-17)22(28)29-16(2)20(26)25-19-13-11-18(12-14-19)23(3,4)5/h6-16H,1-5H3,(H,24,27)(H,25,26). The average Bonchev–Trinajstić information content (AvgIpc) is 2.68. The number of nitrogens with one attached hydrogen (secondary N) is 2. The van der Waals surface area contributed by atoms with Crippen molar-refractivity contribution in [3.8, 4) is 0 Å². The molecule has 2 rings (SSSR count). The fourth-order valence-corrected chi connectivity index (χ4v) is 2.56. The molecule has 0 spiro atoms. The van der Waals surface area contributed by atoms with E-state index in [1.807, 2.05) is 24.3 Å². The Kier molecular flexibility index (Phi) is 7.15. The highest BCUT2D eigenvalue weighted by molar-refractivity contribution is 5.98. The van der Waals surface area contributed by atoms with E-state index in [0.29, 0.717) is 11.3 Å². The number of hydrogen-bond donors (Lipinski definition) is 2. The second kappa shape index (κ2) is 9.37. The molecular formula is C23H28N2O4. The van der Waals surface area contributed by atoms with E-state index < -0.39 is 24.0 Å². The second-order valence-electron chi connectivity index (χ2n) is 7.96. The maximum atomic E-state index is 12.3. The van der Waals surface area contributed by atoms with Crippen LogP contribution in [0.4, 0.5) is 5.69 Å². The Labute approximate surface area is 171 Å². The summed E-state index contributed by atoms with van der Waals surface area (Å²) in [7, 11) is 0. The van der Waals surface area contributed by atoms with Gasteiger partial charge in [0.2, 0.25) is 0 Å². The molecule has 6 heteroatoms. The predicted octanol–water partition coefficient (Wildman–Crippen LogP) is 3.67. The molecule has 2 atom stereocenters. The average molecular weight is 396 g/mol. The van der Waals surface area contributed by atoms with Crippen molar-refractivity contribution in [1.29, 1.82) is 0 Å².